The third-order valence-corrected chi connectivity index (χ3v) is 3.38. The molecule has 1 aliphatic carbocycles. The van der Waals surface area contributed by atoms with E-state index in [1.54, 1.807) is 12.1 Å². The summed E-state index contributed by atoms with van der Waals surface area (Å²) >= 11 is 0. The first-order chi connectivity index (χ1) is 9.09. The third kappa shape index (κ3) is 3.77. The van der Waals surface area contributed by atoms with Gasteiger partial charge in [0.05, 0.1) is 17.9 Å². The highest BCUT2D eigenvalue weighted by Gasteiger charge is 2.21. The van der Waals surface area contributed by atoms with Crippen LogP contribution in [0.15, 0.2) is 18.2 Å². The molecule has 0 N–H and O–H groups in total. The largest absolute Gasteiger partial charge is 0.379 e. The van der Waals surface area contributed by atoms with Crippen LogP contribution in [0.2, 0.25) is 0 Å². The Morgan fingerprint density at radius 1 is 1.47 bits per heavy atom. The molecule has 0 atom stereocenters. The van der Waals surface area contributed by atoms with Crippen molar-refractivity contribution in [3.8, 4) is 0 Å². The fourth-order valence-corrected chi connectivity index (χ4v) is 2.04. The number of hydrogen-bond acceptors (Lipinski definition) is 3. The summed E-state index contributed by atoms with van der Waals surface area (Å²) in [5, 5.41) is 0. The predicted octanol–water partition coefficient (Wildman–Crippen LogP) is 2.89. The number of hydrogen-bond donors (Lipinski definition) is 0. The molecular weight excluding hydrogens is 245 g/mol. The second-order valence-electron chi connectivity index (χ2n) is 5.13. The van der Waals surface area contributed by atoms with Crippen LogP contribution < -0.4 is 4.90 Å². The van der Waals surface area contributed by atoms with Crippen molar-refractivity contribution < 1.29 is 13.9 Å². The molecule has 0 bridgehead atoms. The van der Waals surface area contributed by atoms with Gasteiger partial charge in [-0.1, -0.05) is 6.07 Å². The van der Waals surface area contributed by atoms with Gasteiger partial charge in [-0.15, -0.1) is 0 Å². The summed E-state index contributed by atoms with van der Waals surface area (Å²) in [6.45, 7) is 3.45. The lowest BCUT2D eigenvalue weighted by Gasteiger charge is -2.21. The average Bonchev–Trinajstić information content (AvgIpc) is 3.17. The number of anilines is 1. The molecule has 0 spiro atoms. The lowest BCUT2D eigenvalue weighted by Crippen LogP contribution is -2.25. The standard InChI is InChI=1S/C15H20FNO2/c1-11(18)15-13(16)4-3-5-14(15)17(2)8-9-19-10-12-6-7-12/h3-5,12H,6-10H2,1-2H3. The summed E-state index contributed by atoms with van der Waals surface area (Å²) in [4.78, 5) is 13.4. The van der Waals surface area contributed by atoms with Gasteiger partial charge in [0.2, 0.25) is 0 Å². The third-order valence-electron chi connectivity index (χ3n) is 3.38. The normalized spacial score (nSPS) is 14.5. The molecule has 0 radical (unpaired) electrons. The van der Waals surface area contributed by atoms with Gasteiger partial charge in [-0.05, 0) is 37.8 Å². The van der Waals surface area contributed by atoms with Crippen molar-refractivity contribution in [3.05, 3.63) is 29.6 Å². The van der Waals surface area contributed by atoms with E-state index in [1.165, 1.54) is 25.8 Å². The first-order valence-corrected chi connectivity index (χ1v) is 6.68. The smallest absolute Gasteiger partial charge is 0.164 e. The molecule has 0 amide bonds. The molecule has 1 aliphatic rings. The molecule has 104 valence electrons. The van der Waals surface area contributed by atoms with Gasteiger partial charge in [-0.2, -0.15) is 0 Å². The lowest BCUT2D eigenvalue weighted by atomic mass is 10.1. The van der Waals surface area contributed by atoms with Crippen LogP contribution in [0.1, 0.15) is 30.1 Å². The number of ether oxygens (including phenoxy) is 1. The van der Waals surface area contributed by atoms with E-state index < -0.39 is 5.82 Å². The van der Waals surface area contributed by atoms with Gasteiger partial charge in [0.25, 0.3) is 0 Å². The van der Waals surface area contributed by atoms with Gasteiger partial charge in [0, 0.05) is 20.2 Å². The van der Waals surface area contributed by atoms with Gasteiger partial charge in [-0.25, -0.2) is 4.39 Å². The number of benzene rings is 1. The Labute approximate surface area is 113 Å². The Morgan fingerprint density at radius 3 is 2.84 bits per heavy atom. The summed E-state index contributed by atoms with van der Waals surface area (Å²) in [5.41, 5.74) is 0.787. The van der Waals surface area contributed by atoms with Gasteiger partial charge < -0.3 is 9.64 Å². The number of ketones is 1. The van der Waals surface area contributed by atoms with Crippen LogP contribution in [0.25, 0.3) is 0 Å². The molecular formula is C15H20FNO2. The molecule has 1 aromatic rings. The summed E-state index contributed by atoms with van der Waals surface area (Å²) in [5.74, 6) is 0.0295. The summed E-state index contributed by atoms with van der Waals surface area (Å²) in [6.07, 6.45) is 2.54. The Hall–Kier alpha value is -1.42. The fourth-order valence-electron chi connectivity index (χ4n) is 2.04. The zero-order valence-electron chi connectivity index (χ0n) is 11.5. The van der Waals surface area contributed by atoms with Crippen LogP contribution in [-0.2, 0) is 4.74 Å². The van der Waals surface area contributed by atoms with Gasteiger partial charge in [0.15, 0.2) is 5.78 Å². The van der Waals surface area contributed by atoms with Crippen molar-refractivity contribution >= 4 is 11.5 Å². The summed E-state index contributed by atoms with van der Waals surface area (Å²) < 4.78 is 19.2. The Bertz CT molecular complexity index is 457. The van der Waals surface area contributed by atoms with Gasteiger partial charge in [0.1, 0.15) is 5.82 Å². The van der Waals surface area contributed by atoms with Crippen molar-refractivity contribution in [2.24, 2.45) is 5.92 Å². The van der Waals surface area contributed by atoms with Crippen LogP contribution in [0.3, 0.4) is 0 Å². The molecule has 1 saturated carbocycles. The van der Waals surface area contributed by atoms with Gasteiger partial charge >= 0.3 is 0 Å². The van der Waals surface area contributed by atoms with Crippen molar-refractivity contribution in [3.63, 3.8) is 0 Å². The maximum Gasteiger partial charge on any atom is 0.164 e. The number of likely N-dealkylation sites (N-methyl/N-ethyl adjacent to an activating group) is 1. The Morgan fingerprint density at radius 2 is 2.21 bits per heavy atom. The minimum Gasteiger partial charge on any atom is -0.379 e. The Kier molecular flexibility index (Phi) is 4.53. The fraction of sp³-hybridized carbons (Fsp3) is 0.533. The van der Waals surface area contributed by atoms with Crippen LogP contribution >= 0.6 is 0 Å². The molecule has 0 heterocycles. The van der Waals surface area contributed by atoms with Crippen LogP contribution in [0.5, 0.6) is 0 Å². The molecule has 19 heavy (non-hydrogen) atoms. The van der Waals surface area contributed by atoms with E-state index in [2.05, 4.69) is 0 Å². The van der Waals surface area contributed by atoms with E-state index in [0.717, 1.165) is 12.5 Å². The lowest BCUT2D eigenvalue weighted by molar-refractivity contribution is 0.101. The number of carbonyl (C=O) groups is 1. The molecule has 0 unspecified atom stereocenters. The zero-order valence-corrected chi connectivity index (χ0v) is 11.5. The van der Waals surface area contributed by atoms with Crippen LogP contribution in [0.4, 0.5) is 10.1 Å². The predicted molar refractivity (Wildman–Crippen MR) is 73.2 cm³/mol. The topological polar surface area (TPSA) is 29.5 Å². The van der Waals surface area contributed by atoms with Crippen molar-refractivity contribution in [1.82, 2.24) is 0 Å². The molecule has 4 heteroatoms. The van der Waals surface area contributed by atoms with Crippen LogP contribution in [-0.4, -0.2) is 32.6 Å². The number of halogens is 1. The zero-order chi connectivity index (χ0) is 13.8. The van der Waals surface area contributed by atoms with E-state index in [1.807, 2.05) is 11.9 Å². The van der Waals surface area contributed by atoms with E-state index in [-0.39, 0.29) is 11.3 Å². The summed E-state index contributed by atoms with van der Waals surface area (Å²) in [6, 6.07) is 4.71. The first-order valence-electron chi connectivity index (χ1n) is 6.68. The quantitative estimate of drug-likeness (QED) is 0.561. The highest BCUT2D eigenvalue weighted by molar-refractivity contribution is 5.99. The highest BCUT2D eigenvalue weighted by atomic mass is 19.1. The van der Waals surface area contributed by atoms with Crippen LogP contribution in [0, 0.1) is 11.7 Å². The van der Waals surface area contributed by atoms with E-state index in [9.17, 15) is 9.18 Å². The first kappa shape index (κ1) is 14.0. The molecule has 3 nitrogen and oxygen atoms in total. The maximum absolute atomic E-state index is 13.7. The van der Waals surface area contributed by atoms with E-state index in [4.69, 9.17) is 4.74 Å². The SMILES string of the molecule is CC(=O)c1c(F)cccc1N(C)CCOCC1CC1. The number of rotatable bonds is 7. The van der Waals surface area contributed by atoms with E-state index >= 15 is 0 Å². The monoisotopic (exact) mass is 265 g/mol. The van der Waals surface area contributed by atoms with Crippen molar-refractivity contribution in [1.29, 1.82) is 0 Å². The minimum atomic E-state index is -0.462. The number of carbonyl (C=O) groups excluding carboxylic acids is 1. The molecule has 2 rings (SSSR count). The van der Waals surface area contributed by atoms with Crippen molar-refractivity contribution in [2.45, 2.75) is 19.8 Å². The maximum atomic E-state index is 13.7. The summed E-state index contributed by atoms with van der Waals surface area (Å²) in [7, 11) is 1.85. The van der Waals surface area contributed by atoms with Crippen molar-refractivity contribution in [2.75, 3.05) is 31.7 Å². The molecule has 0 aliphatic heterocycles. The number of nitrogens with zero attached hydrogens (tertiary/aromatic N) is 1. The number of Topliss-reactive ketones (excluding diaryl/α,β-unsaturated/α-hetero) is 1. The second kappa shape index (κ2) is 6.15. The van der Waals surface area contributed by atoms with E-state index in [0.29, 0.717) is 18.8 Å². The minimum absolute atomic E-state index is 0.159. The average molecular weight is 265 g/mol. The van der Waals surface area contributed by atoms with Gasteiger partial charge in [-0.3, -0.25) is 4.79 Å². The highest BCUT2D eigenvalue weighted by Crippen LogP contribution is 2.28. The molecule has 1 aromatic carbocycles. The molecule has 1 fully saturated rings. The molecule has 0 saturated heterocycles. The second-order valence-corrected chi connectivity index (χ2v) is 5.13. The molecule has 0 aromatic heterocycles. The Balaban J connectivity index is 1.95.